The molecule has 2 aliphatic rings. The van der Waals surface area contributed by atoms with Gasteiger partial charge in [-0.2, -0.15) is 0 Å². The molecule has 1 aliphatic carbocycles. The molecule has 1 fully saturated rings. The number of rotatable bonds is 9. The van der Waals surface area contributed by atoms with Crippen LogP contribution < -0.4 is 10.6 Å². The van der Waals surface area contributed by atoms with Gasteiger partial charge in [-0.05, 0) is 63.4 Å². The predicted octanol–water partition coefficient (Wildman–Crippen LogP) is 3.35. The van der Waals surface area contributed by atoms with Crippen LogP contribution in [0.4, 0.5) is 5.69 Å². The Labute approximate surface area is 155 Å². The topological polar surface area (TPSA) is 44.4 Å². The minimum Gasteiger partial charge on any atom is -0.372 e. The van der Waals surface area contributed by atoms with Crippen LogP contribution in [-0.2, 0) is 17.2 Å². The van der Waals surface area contributed by atoms with E-state index in [4.69, 9.17) is 0 Å². The van der Waals surface area contributed by atoms with Gasteiger partial charge in [-0.15, -0.1) is 0 Å². The molecule has 1 aromatic rings. The van der Waals surface area contributed by atoms with Gasteiger partial charge in [-0.3, -0.25) is 4.21 Å². The van der Waals surface area contributed by atoms with Gasteiger partial charge in [-0.1, -0.05) is 25.3 Å². The molecule has 0 aromatic heterocycles. The molecule has 4 nitrogen and oxygen atoms in total. The molecule has 1 heterocycles. The number of unbranched alkanes of at least 4 members (excludes halogenated alkanes) is 1. The first-order chi connectivity index (χ1) is 12.2. The second kappa shape index (κ2) is 9.70. The number of nitrogens with zero attached hydrogens (tertiary/aromatic N) is 1. The summed E-state index contributed by atoms with van der Waals surface area (Å²) in [5, 5.41) is 6.91. The minimum absolute atomic E-state index is 0.568. The van der Waals surface area contributed by atoms with E-state index in [1.165, 1.54) is 50.5 Å². The van der Waals surface area contributed by atoms with Gasteiger partial charge in [-0.25, -0.2) is 0 Å². The first kappa shape index (κ1) is 18.9. The highest BCUT2D eigenvalue weighted by atomic mass is 32.2. The normalized spacial score (nSPS) is 20.6. The first-order valence-corrected chi connectivity index (χ1v) is 11.2. The van der Waals surface area contributed by atoms with E-state index in [1.54, 1.807) is 0 Å². The average Bonchev–Trinajstić information content (AvgIpc) is 3.00. The number of anilines is 1. The Balaban J connectivity index is 1.28. The second-order valence-electron chi connectivity index (χ2n) is 7.55. The van der Waals surface area contributed by atoms with Gasteiger partial charge in [0.1, 0.15) is 0 Å². The second-order valence-corrected chi connectivity index (χ2v) is 8.97. The number of likely N-dealkylation sites (N-methyl/N-ethyl adjacent to an activating group) is 1. The first-order valence-electron chi connectivity index (χ1n) is 9.89. The molecule has 0 spiro atoms. The Morgan fingerprint density at radius 2 is 2.04 bits per heavy atom. The van der Waals surface area contributed by atoms with Crippen LogP contribution in [0.25, 0.3) is 0 Å². The molecular weight excluding hydrogens is 330 g/mol. The van der Waals surface area contributed by atoms with Crippen molar-refractivity contribution in [3.8, 4) is 0 Å². The summed E-state index contributed by atoms with van der Waals surface area (Å²) in [5.41, 5.74) is 2.37. The molecule has 1 aliphatic heterocycles. The molecule has 1 aromatic carbocycles. The molecule has 25 heavy (non-hydrogen) atoms. The molecule has 3 rings (SSSR count). The van der Waals surface area contributed by atoms with E-state index in [1.807, 2.05) is 0 Å². The summed E-state index contributed by atoms with van der Waals surface area (Å²) >= 11 is 0. The highest BCUT2D eigenvalue weighted by Gasteiger charge is 2.17. The Hall–Kier alpha value is -0.910. The molecule has 2 N–H and O–H groups in total. The van der Waals surface area contributed by atoms with E-state index in [9.17, 15) is 4.21 Å². The maximum absolute atomic E-state index is 11.9. The molecule has 0 bridgehead atoms. The fourth-order valence-corrected chi connectivity index (χ4v) is 4.98. The summed E-state index contributed by atoms with van der Waals surface area (Å²) in [7, 11) is 1.37. The van der Waals surface area contributed by atoms with E-state index in [0.29, 0.717) is 5.88 Å². The molecule has 1 saturated carbocycles. The minimum atomic E-state index is -0.855. The third kappa shape index (κ3) is 5.80. The van der Waals surface area contributed by atoms with Crippen LogP contribution in [0.15, 0.2) is 23.1 Å². The van der Waals surface area contributed by atoms with Gasteiger partial charge >= 0.3 is 0 Å². The monoisotopic (exact) mass is 363 g/mol. The van der Waals surface area contributed by atoms with Gasteiger partial charge in [0, 0.05) is 19.1 Å². The maximum atomic E-state index is 11.9. The zero-order valence-corrected chi connectivity index (χ0v) is 16.4. The zero-order valence-electron chi connectivity index (χ0n) is 15.6. The number of aryl methyl sites for hydroxylation is 1. The summed E-state index contributed by atoms with van der Waals surface area (Å²) in [6, 6.07) is 7.15. The third-order valence-electron chi connectivity index (χ3n) is 5.47. The van der Waals surface area contributed by atoms with Crippen LogP contribution in [0.3, 0.4) is 0 Å². The number of hydrogen-bond acceptors (Lipinski definition) is 4. The highest BCUT2D eigenvalue weighted by Crippen LogP contribution is 2.27. The van der Waals surface area contributed by atoms with Crippen molar-refractivity contribution in [1.82, 2.24) is 10.2 Å². The molecule has 1 unspecified atom stereocenters. The van der Waals surface area contributed by atoms with Crippen LogP contribution in [0.2, 0.25) is 0 Å². The SMILES string of the molecule is CN(CCCCc1ccc2c(c1)S(=O)CN2)CCNC1CCCCC1. The average molecular weight is 364 g/mol. The lowest BCUT2D eigenvalue weighted by atomic mass is 9.95. The summed E-state index contributed by atoms with van der Waals surface area (Å²) in [4.78, 5) is 3.43. The van der Waals surface area contributed by atoms with Gasteiger partial charge in [0.05, 0.1) is 27.3 Å². The molecule has 1 atom stereocenters. The maximum Gasteiger partial charge on any atom is 0.0959 e. The predicted molar refractivity (Wildman–Crippen MR) is 107 cm³/mol. The van der Waals surface area contributed by atoms with Crippen LogP contribution in [-0.4, -0.2) is 47.7 Å². The lowest BCUT2D eigenvalue weighted by molar-refractivity contribution is 0.301. The Kier molecular flexibility index (Phi) is 7.32. The van der Waals surface area contributed by atoms with Crippen molar-refractivity contribution >= 4 is 16.5 Å². The molecule has 140 valence electrons. The lowest BCUT2D eigenvalue weighted by Crippen LogP contribution is -2.37. The number of nitrogens with one attached hydrogen (secondary N) is 2. The van der Waals surface area contributed by atoms with Crippen molar-refractivity contribution in [3.05, 3.63) is 23.8 Å². The highest BCUT2D eigenvalue weighted by molar-refractivity contribution is 7.85. The molecule has 0 amide bonds. The summed E-state index contributed by atoms with van der Waals surface area (Å²) < 4.78 is 11.9. The quantitative estimate of drug-likeness (QED) is 0.661. The molecular formula is C20H33N3OS. The van der Waals surface area contributed by atoms with E-state index >= 15 is 0 Å². The Bertz CT molecular complexity index is 572. The van der Waals surface area contributed by atoms with Crippen molar-refractivity contribution < 1.29 is 4.21 Å². The van der Waals surface area contributed by atoms with Crippen molar-refractivity contribution in [2.24, 2.45) is 0 Å². The third-order valence-corrected chi connectivity index (χ3v) is 6.71. The van der Waals surface area contributed by atoms with Crippen molar-refractivity contribution in [3.63, 3.8) is 0 Å². The van der Waals surface area contributed by atoms with Gasteiger partial charge in [0.25, 0.3) is 0 Å². The fraction of sp³-hybridized carbons (Fsp3) is 0.700. The van der Waals surface area contributed by atoms with Crippen LogP contribution in [0, 0.1) is 0 Å². The van der Waals surface area contributed by atoms with Crippen LogP contribution in [0.1, 0.15) is 50.5 Å². The van der Waals surface area contributed by atoms with E-state index in [0.717, 1.165) is 42.7 Å². The van der Waals surface area contributed by atoms with E-state index in [-0.39, 0.29) is 0 Å². The number of hydrogen-bond donors (Lipinski definition) is 2. The fourth-order valence-electron chi connectivity index (χ4n) is 3.87. The van der Waals surface area contributed by atoms with Crippen LogP contribution in [0.5, 0.6) is 0 Å². The van der Waals surface area contributed by atoms with E-state index in [2.05, 4.69) is 40.8 Å². The van der Waals surface area contributed by atoms with Crippen molar-refractivity contribution in [2.45, 2.75) is 62.3 Å². The molecule has 5 heteroatoms. The summed E-state index contributed by atoms with van der Waals surface area (Å²) in [5.74, 6) is 0.568. The largest absolute Gasteiger partial charge is 0.372 e. The summed E-state index contributed by atoms with van der Waals surface area (Å²) in [6.07, 6.45) is 10.5. The van der Waals surface area contributed by atoms with E-state index < -0.39 is 10.8 Å². The molecule has 0 saturated heterocycles. The smallest absolute Gasteiger partial charge is 0.0959 e. The van der Waals surface area contributed by atoms with Gasteiger partial charge in [0.2, 0.25) is 0 Å². The van der Waals surface area contributed by atoms with Crippen LogP contribution >= 0.6 is 0 Å². The zero-order chi connectivity index (χ0) is 17.5. The number of benzene rings is 1. The van der Waals surface area contributed by atoms with Crippen molar-refractivity contribution in [2.75, 3.05) is 37.9 Å². The molecule has 0 radical (unpaired) electrons. The standard InChI is InChI=1S/C20H33N3OS/c1-23(14-12-21-18-8-3-2-4-9-18)13-6-5-7-17-10-11-19-20(15-17)25(24)16-22-19/h10-11,15,18,21-22H,2-9,12-14,16H2,1H3. The van der Waals surface area contributed by atoms with Crippen molar-refractivity contribution in [1.29, 1.82) is 0 Å². The Morgan fingerprint density at radius 3 is 2.88 bits per heavy atom. The van der Waals surface area contributed by atoms with Gasteiger partial charge < -0.3 is 15.5 Å². The number of fused-ring (bicyclic) bond motifs is 1. The Morgan fingerprint density at radius 1 is 1.20 bits per heavy atom. The summed E-state index contributed by atoms with van der Waals surface area (Å²) in [6.45, 7) is 3.41. The lowest BCUT2D eigenvalue weighted by Gasteiger charge is -2.24. The van der Waals surface area contributed by atoms with Gasteiger partial charge in [0.15, 0.2) is 0 Å².